The van der Waals surface area contributed by atoms with Gasteiger partial charge in [0.05, 0.1) is 12.1 Å². The highest BCUT2D eigenvalue weighted by atomic mass is 16.5. The van der Waals surface area contributed by atoms with Gasteiger partial charge in [0.2, 0.25) is 5.91 Å². The summed E-state index contributed by atoms with van der Waals surface area (Å²) in [4.78, 5) is 24.2. The van der Waals surface area contributed by atoms with Gasteiger partial charge in [-0.25, -0.2) is 4.79 Å². The zero-order valence-corrected chi connectivity index (χ0v) is 14.5. The number of rotatable bonds is 7. The molecule has 1 aromatic carbocycles. The van der Waals surface area contributed by atoms with Crippen LogP contribution >= 0.6 is 0 Å². The van der Waals surface area contributed by atoms with E-state index in [0.29, 0.717) is 25.3 Å². The number of amides is 1. The number of nitrogens with one attached hydrogen (secondary N) is 2. The Labute approximate surface area is 146 Å². The van der Waals surface area contributed by atoms with Crippen molar-refractivity contribution in [1.29, 1.82) is 0 Å². The summed E-state index contributed by atoms with van der Waals surface area (Å²) in [5, 5.41) is 6.35. The van der Waals surface area contributed by atoms with E-state index in [1.54, 1.807) is 13.2 Å². The first-order valence-corrected chi connectivity index (χ1v) is 8.68. The van der Waals surface area contributed by atoms with Crippen LogP contribution in [0.2, 0.25) is 0 Å². The predicted molar refractivity (Wildman–Crippen MR) is 94.5 cm³/mol. The van der Waals surface area contributed by atoms with Crippen LogP contribution in [0, 0.1) is 5.41 Å². The van der Waals surface area contributed by atoms with Crippen molar-refractivity contribution < 1.29 is 13.9 Å². The number of oxazole rings is 1. The first kappa shape index (κ1) is 17.7. The number of benzene rings is 1. The molecule has 1 aliphatic heterocycles. The normalized spacial score (nSPS) is 16.8. The molecular formula is C18H25N3O4. The van der Waals surface area contributed by atoms with Crippen molar-refractivity contribution in [3.63, 3.8) is 0 Å². The monoisotopic (exact) mass is 347 g/mol. The van der Waals surface area contributed by atoms with Gasteiger partial charge < -0.3 is 19.8 Å². The van der Waals surface area contributed by atoms with E-state index >= 15 is 0 Å². The number of aryl methyl sites for hydroxylation is 1. The molecule has 25 heavy (non-hydrogen) atoms. The fraction of sp³-hybridized carbons (Fsp3) is 0.556. The van der Waals surface area contributed by atoms with E-state index in [1.807, 2.05) is 18.2 Å². The second-order valence-corrected chi connectivity index (χ2v) is 6.70. The van der Waals surface area contributed by atoms with Crippen molar-refractivity contribution in [2.45, 2.75) is 25.8 Å². The SMILES string of the molecule is COCC1(CNC(=O)CCn2c(=O)oc3ccccc32)CCNCC1. The van der Waals surface area contributed by atoms with E-state index in [9.17, 15) is 9.59 Å². The van der Waals surface area contributed by atoms with Crippen LogP contribution in [0.15, 0.2) is 33.5 Å². The molecule has 2 aromatic rings. The van der Waals surface area contributed by atoms with Crippen LogP contribution in [0.4, 0.5) is 0 Å². The van der Waals surface area contributed by atoms with Crippen LogP contribution in [0.1, 0.15) is 19.3 Å². The van der Waals surface area contributed by atoms with Crippen molar-refractivity contribution in [1.82, 2.24) is 15.2 Å². The largest absolute Gasteiger partial charge is 0.419 e. The molecule has 1 amide bonds. The van der Waals surface area contributed by atoms with Crippen molar-refractivity contribution >= 4 is 17.0 Å². The van der Waals surface area contributed by atoms with Gasteiger partial charge >= 0.3 is 5.76 Å². The molecule has 0 bridgehead atoms. The Morgan fingerprint density at radius 3 is 2.88 bits per heavy atom. The van der Waals surface area contributed by atoms with Crippen LogP contribution in [0.5, 0.6) is 0 Å². The lowest BCUT2D eigenvalue weighted by atomic mass is 9.79. The van der Waals surface area contributed by atoms with Crippen LogP contribution in [0.3, 0.4) is 0 Å². The van der Waals surface area contributed by atoms with E-state index in [4.69, 9.17) is 9.15 Å². The van der Waals surface area contributed by atoms with Crippen LogP contribution in [0.25, 0.3) is 11.1 Å². The number of aromatic nitrogens is 1. The molecule has 0 radical (unpaired) electrons. The molecule has 0 spiro atoms. The van der Waals surface area contributed by atoms with Crippen molar-refractivity contribution in [2.24, 2.45) is 5.41 Å². The number of hydrogen-bond donors (Lipinski definition) is 2. The number of piperidine rings is 1. The Morgan fingerprint density at radius 2 is 2.12 bits per heavy atom. The highest BCUT2D eigenvalue weighted by molar-refractivity contribution is 5.76. The van der Waals surface area contributed by atoms with E-state index < -0.39 is 5.76 Å². The molecule has 1 fully saturated rings. The van der Waals surface area contributed by atoms with Gasteiger partial charge in [0.1, 0.15) is 0 Å². The molecule has 0 aliphatic carbocycles. The minimum Gasteiger partial charge on any atom is -0.408 e. The molecule has 2 N–H and O–H groups in total. The minimum absolute atomic E-state index is 0.00512. The summed E-state index contributed by atoms with van der Waals surface area (Å²) >= 11 is 0. The maximum atomic E-state index is 12.3. The summed E-state index contributed by atoms with van der Waals surface area (Å²) in [6.45, 7) is 3.43. The molecule has 1 saturated heterocycles. The summed E-state index contributed by atoms with van der Waals surface area (Å²) in [5.74, 6) is -0.491. The topological polar surface area (TPSA) is 85.5 Å². The number of fused-ring (bicyclic) bond motifs is 1. The number of carbonyl (C=O) groups excluding carboxylic acids is 1. The number of ether oxygens (including phenoxy) is 1. The Hall–Kier alpha value is -2.12. The third kappa shape index (κ3) is 4.11. The van der Waals surface area contributed by atoms with Gasteiger partial charge in [0.15, 0.2) is 5.58 Å². The van der Waals surface area contributed by atoms with Gasteiger partial charge in [0, 0.05) is 32.0 Å². The van der Waals surface area contributed by atoms with Crippen molar-refractivity contribution in [2.75, 3.05) is 33.4 Å². The molecule has 0 atom stereocenters. The smallest absolute Gasteiger partial charge is 0.408 e. The lowest BCUT2D eigenvalue weighted by Crippen LogP contribution is -2.47. The lowest BCUT2D eigenvalue weighted by molar-refractivity contribution is -0.122. The van der Waals surface area contributed by atoms with Gasteiger partial charge in [-0.15, -0.1) is 0 Å². The molecule has 136 valence electrons. The predicted octanol–water partition coefficient (Wildman–Crippen LogP) is 1.12. The molecule has 1 aromatic heterocycles. The van der Waals surface area contributed by atoms with E-state index in [2.05, 4.69) is 10.6 Å². The number of nitrogens with zero attached hydrogens (tertiary/aromatic N) is 1. The summed E-state index contributed by atoms with van der Waals surface area (Å²) in [7, 11) is 1.70. The summed E-state index contributed by atoms with van der Waals surface area (Å²) < 4.78 is 12.1. The fourth-order valence-electron chi connectivity index (χ4n) is 3.45. The van der Waals surface area contributed by atoms with Crippen molar-refractivity contribution in [3.05, 3.63) is 34.8 Å². The maximum Gasteiger partial charge on any atom is 0.419 e. The summed E-state index contributed by atoms with van der Waals surface area (Å²) in [6, 6.07) is 7.23. The number of para-hydroxylation sites is 2. The quantitative estimate of drug-likeness (QED) is 0.784. The summed E-state index contributed by atoms with van der Waals surface area (Å²) in [6.07, 6.45) is 2.20. The molecule has 0 saturated carbocycles. The first-order valence-electron chi connectivity index (χ1n) is 8.68. The molecule has 7 nitrogen and oxygen atoms in total. The van der Waals surface area contributed by atoms with E-state index in [-0.39, 0.29) is 17.7 Å². The zero-order chi connectivity index (χ0) is 17.7. The van der Waals surface area contributed by atoms with E-state index in [1.165, 1.54) is 4.57 Å². The number of methoxy groups -OCH3 is 1. The second-order valence-electron chi connectivity index (χ2n) is 6.70. The maximum absolute atomic E-state index is 12.3. The summed E-state index contributed by atoms with van der Waals surface area (Å²) in [5.41, 5.74) is 1.26. The molecule has 1 aliphatic rings. The highest BCUT2D eigenvalue weighted by Gasteiger charge is 2.32. The molecular weight excluding hydrogens is 322 g/mol. The van der Waals surface area contributed by atoms with Crippen LogP contribution in [-0.2, 0) is 16.1 Å². The van der Waals surface area contributed by atoms with Crippen molar-refractivity contribution in [3.8, 4) is 0 Å². The average Bonchev–Trinajstić information content (AvgIpc) is 2.94. The standard InChI is InChI=1S/C18H25N3O4/c1-24-13-18(7-9-19-10-8-18)12-20-16(22)6-11-21-14-4-2-3-5-15(14)25-17(21)23/h2-5,19H,6-13H2,1H3,(H,20,22). The molecule has 2 heterocycles. The first-order chi connectivity index (χ1) is 12.1. The molecule has 3 rings (SSSR count). The Kier molecular flexibility index (Phi) is 5.55. The van der Waals surface area contributed by atoms with Gasteiger partial charge in [-0.1, -0.05) is 12.1 Å². The Balaban J connectivity index is 1.57. The number of hydrogen-bond acceptors (Lipinski definition) is 5. The third-order valence-electron chi connectivity index (χ3n) is 4.91. The van der Waals surface area contributed by atoms with Gasteiger partial charge in [-0.05, 0) is 38.1 Å². The van der Waals surface area contributed by atoms with E-state index in [0.717, 1.165) is 31.4 Å². The Bertz CT molecular complexity index is 768. The van der Waals surface area contributed by atoms with Gasteiger partial charge in [-0.3, -0.25) is 9.36 Å². The van der Waals surface area contributed by atoms with Crippen LogP contribution in [-0.4, -0.2) is 43.8 Å². The lowest BCUT2D eigenvalue weighted by Gasteiger charge is -2.37. The van der Waals surface area contributed by atoms with Crippen LogP contribution < -0.4 is 16.4 Å². The molecule has 7 heteroatoms. The van der Waals surface area contributed by atoms with Gasteiger partial charge in [0.25, 0.3) is 0 Å². The zero-order valence-electron chi connectivity index (χ0n) is 14.5. The average molecular weight is 347 g/mol. The minimum atomic E-state index is -0.428. The fourth-order valence-corrected chi connectivity index (χ4v) is 3.45. The highest BCUT2D eigenvalue weighted by Crippen LogP contribution is 2.28. The second kappa shape index (κ2) is 7.84. The molecule has 0 unspecified atom stereocenters. The number of carbonyl (C=O) groups is 1. The van der Waals surface area contributed by atoms with Gasteiger partial charge in [-0.2, -0.15) is 0 Å². The third-order valence-corrected chi connectivity index (χ3v) is 4.91. The Morgan fingerprint density at radius 1 is 1.36 bits per heavy atom.